The monoisotopic (exact) mass is 357 g/mol. The Morgan fingerprint density at radius 1 is 1.27 bits per heavy atom. The van der Waals surface area contributed by atoms with E-state index in [2.05, 4.69) is 10.3 Å². The number of benzene rings is 1. The molecular formula is C19H23N3O4. The first kappa shape index (κ1) is 18.0. The van der Waals surface area contributed by atoms with Crippen molar-refractivity contribution in [1.29, 1.82) is 0 Å². The van der Waals surface area contributed by atoms with Gasteiger partial charge in [-0.2, -0.15) is 0 Å². The van der Waals surface area contributed by atoms with E-state index in [0.29, 0.717) is 12.3 Å². The maximum atomic E-state index is 11.9. The average Bonchev–Trinajstić information content (AvgIpc) is 3.08. The molecule has 1 aliphatic rings. The number of alkyl carbamates (subject to hydrolysis) is 1. The predicted octanol–water partition coefficient (Wildman–Crippen LogP) is 3.48. The van der Waals surface area contributed by atoms with Gasteiger partial charge in [0.1, 0.15) is 0 Å². The van der Waals surface area contributed by atoms with Gasteiger partial charge in [0.2, 0.25) is 0 Å². The van der Waals surface area contributed by atoms with Gasteiger partial charge in [0.25, 0.3) is 0 Å². The predicted molar refractivity (Wildman–Crippen MR) is 96.1 cm³/mol. The van der Waals surface area contributed by atoms with E-state index in [-0.39, 0.29) is 17.8 Å². The topological polar surface area (TPSA) is 93.5 Å². The Balaban J connectivity index is 1.99. The Bertz CT molecular complexity index is 772. The zero-order valence-corrected chi connectivity index (χ0v) is 14.7. The molecular weight excluding hydrogens is 334 g/mol. The van der Waals surface area contributed by atoms with Gasteiger partial charge in [-0.3, -0.25) is 0 Å². The second-order valence-corrected chi connectivity index (χ2v) is 6.34. The molecule has 138 valence electrons. The number of hydrogen-bond acceptors (Lipinski definition) is 4. The van der Waals surface area contributed by atoms with Crippen LogP contribution in [0, 0.1) is 0 Å². The summed E-state index contributed by atoms with van der Waals surface area (Å²) in [4.78, 5) is 27.7. The molecule has 1 heterocycles. The number of aromatic carboxylic acids is 1. The largest absolute Gasteiger partial charge is 0.476 e. The molecule has 0 radical (unpaired) electrons. The van der Waals surface area contributed by atoms with Crippen molar-refractivity contribution in [3.05, 3.63) is 42.4 Å². The highest BCUT2D eigenvalue weighted by Gasteiger charge is 2.31. The van der Waals surface area contributed by atoms with Crippen LogP contribution in [0.1, 0.15) is 49.1 Å². The first-order valence-corrected chi connectivity index (χ1v) is 8.90. The molecule has 26 heavy (non-hydrogen) atoms. The van der Waals surface area contributed by atoms with E-state index < -0.39 is 12.1 Å². The molecule has 1 amide bonds. The van der Waals surface area contributed by atoms with Crippen molar-refractivity contribution in [3.8, 4) is 11.3 Å². The molecule has 7 nitrogen and oxygen atoms in total. The van der Waals surface area contributed by atoms with Crippen LogP contribution in [0.15, 0.2) is 36.7 Å². The third-order valence-corrected chi connectivity index (χ3v) is 4.71. The molecule has 0 unspecified atom stereocenters. The minimum atomic E-state index is -1.06. The fourth-order valence-electron chi connectivity index (χ4n) is 3.59. The number of carbonyl (C=O) groups excluding carboxylic acids is 1. The number of aromatic nitrogens is 2. The number of carboxylic acid groups (broad SMARTS) is 1. The summed E-state index contributed by atoms with van der Waals surface area (Å²) in [6.07, 6.45) is 4.81. The van der Waals surface area contributed by atoms with Crippen molar-refractivity contribution in [2.75, 3.05) is 6.61 Å². The molecule has 0 bridgehead atoms. The molecule has 0 saturated heterocycles. The number of nitrogens with one attached hydrogen (secondary N) is 1. The van der Waals surface area contributed by atoms with Crippen LogP contribution in [0.4, 0.5) is 4.79 Å². The molecule has 0 spiro atoms. The lowest BCUT2D eigenvalue weighted by Crippen LogP contribution is -2.43. The maximum Gasteiger partial charge on any atom is 0.407 e. The summed E-state index contributed by atoms with van der Waals surface area (Å²) in [6, 6.07) is 9.18. The highest BCUT2D eigenvalue weighted by Crippen LogP contribution is 2.34. The SMILES string of the molecule is CCOC(=O)N[C@H]1CCCC[C@@H]1n1cnc(C(=O)O)c1-c1ccccc1. The molecule has 2 atom stereocenters. The third kappa shape index (κ3) is 3.71. The summed E-state index contributed by atoms with van der Waals surface area (Å²) >= 11 is 0. The number of rotatable bonds is 5. The number of carboxylic acids is 1. The molecule has 1 aromatic carbocycles. The lowest BCUT2D eigenvalue weighted by molar-refractivity contribution is 0.0691. The zero-order valence-electron chi connectivity index (χ0n) is 14.7. The quantitative estimate of drug-likeness (QED) is 0.854. The minimum absolute atomic E-state index is 0.0247. The molecule has 1 aromatic heterocycles. The smallest absolute Gasteiger partial charge is 0.407 e. The van der Waals surface area contributed by atoms with E-state index in [0.717, 1.165) is 31.2 Å². The van der Waals surface area contributed by atoms with Crippen LogP contribution in [-0.4, -0.2) is 39.4 Å². The van der Waals surface area contributed by atoms with E-state index >= 15 is 0 Å². The molecule has 2 N–H and O–H groups in total. The Morgan fingerprint density at radius 2 is 2.00 bits per heavy atom. The van der Waals surface area contributed by atoms with Crippen molar-refractivity contribution < 1.29 is 19.4 Å². The number of imidazole rings is 1. The Labute approximate surface area is 152 Å². The summed E-state index contributed by atoms with van der Waals surface area (Å²) in [5, 5.41) is 12.5. The number of carbonyl (C=O) groups is 2. The Morgan fingerprint density at radius 3 is 2.69 bits per heavy atom. The summed E-state index contributed by atoms with van der Waals surface area (Å²) in [5.41, 5.74) is 1.39. The Hall–Kier alpha value is -2.83. The highest BCUT2D eigenvalue weighted by molar-refractivity contribution is 5.93. The molecule has 1 saturated carbocycles. The van der Waals surface area contributed by atoms with Crippen LogP contribution in [0.2, 0.25) is 0 Å². The lowest BCUT2D eigenvalue weighted by atomic mass is 9.89. The first-order valence-electron chi connectivity index (χ1n) is 8.90. The molecule has 7 heteroatoms. The zero-order chi connectivity index (χ0) is 18.5. The number of ether oxygens (including phenoxy) is 1. The molecule has 2 aromatic rings. The standard InChI is InChI=1S/C19H23N3O4/c1-2-26-19(25)21-14-10-6-7-11-15(14)22-12-20-16(18(23)24)17(22)13-8-4-3-5-9-13/h3-5,8-9,12,14-15H,2,6-7,10-11H2,1H3,(H,21,25)(H,23,24)/t14-,15-/m0/s1. The molecule has 1 fully saturated rings. The summed E-state index contributed by atoms with van der Waals surface area (Å²) in [7, 11) is 0. The fraction of sp³-hybridized carbons (Fsp3) is 0.421. The van der Waals surface area contributed by atoms with Crippen molar-refractivity contribution in [2.45, 2.75) is 44.7 Å². The van der Waals surface area contributed by atoms with E-state index in [1.54, 1.807) is 13.3 Å². The number of hydrogen-bond donors (Lipinski definition) is 2. The van der Waals surface area contributed by atoms with Crippen molar-refractivity contribution in [1.82, 2.24) is 14.9 Å². The average molecular weight is 357 g/mol. The van der Waals surface area contributed by atoms with Crippen molar-refractivity contribution in [2.24, 2.45) is 0 Å². The van der Waals surface area contributed by atoms with Gasteiger partial charge in [0.05, 0.1) is 30.7 Å². The Kier molecular flexibility index (Phi) is 5.55. The van der Waals surface area contributed by atoms with Crippen molar-refractivity contribution >= 4 is 12.1 Å². The number of amides is 1. The lowest BCUT2D eigenvalue weighted by Gasteiger charge is -2.33. The molecule has 3 rings (SSSR count). The highest BCUT2D eigenvalue weighted by atomic mass is 16.5. The summed E-state index contributed by atoms with van der Waals surface area (Å²) in [5.74, 6) is -1.06. The first-order chi connectivity index (χ1) is 12.6. The van der Waals surface area contributed by atoms with Crippen LogP contribution >= 0.6 is 0 Å². The summed E-state index contributed by atoms with van der Waals surface area (Å²) < 4.78 is 6.92. The van der Waals surface area contributed by atoms with E-state index in [1.807, 2.05) is 34.9 Å². The molecule has 0 aliphatic heterocycles. The van der Waals surface area contributed by atoms with E-state index in [1.165, 1.54) is 0 Å². The van der Waals surface area contributed by atoms with Gasteiger partial charge in [-0.25, -0.2) is 14.6 Å². The van der Waals surface area contributed by atoms with Crippen LogP contribution < -0.4 is 5.32 Å². The van der Waals surface area contributed by atoms with Crippen LogP contribution in [0.25, 0.3) is 11.3 Å². The maximum absolute atomic E-state index is 11.9. The van der Waals surface area contributed by atoms with Crippen molar-refractivity contribution in [3.63, 3.8) is 0 Å². The van der Waals surface area contributed by atoms with Gasteiger partial charge in [-0.05, 0) is 19.8 Å². The second-order valence-electron chi connectivity index (χ2n) is 6.34. The third-order valence-electron chi connectivity index (χ3n) is 4.71. The normalized spacial score (nSPS) is 19.7. The van der Waals surface area contributed by atoms with Crippen LogP contribution in [-0.2, 0) is 4.74 Å². The van der Waals surface area contributed by atoms with E-state index in [4.69, 9.17) is 4.74 Å². The van der Waals surface area contributed by atoms with Gasteiger partial charge >= 0.3 is 12.1 Å². The second kappa shape index (κ2) is 8.03. The molecule has 1 aliphatic carbocycles. The number of nitrogens with zero attached hydrogens (tertiary/aromatic N) is 2. The van der Waals surface area contributed by atoms with Crippen LogP contribution in [0.5, 0.6) is 0 Å². The van der Waals surface area contributed by atoms with Crippen LogP contribution in [0.3, 0.4) is 0 Å². The van der Waals surface area contributed by atoms with Gasteiger partial charge < -0.3 is 19.7 Å². The fourth-order valence-corrected chi connectivity index (χ4v) is 3.59. The van der Waals surface area contributed by atoms with Gasteiger partial charge in [0.15, 0.2) is 5.69 Å². The summed E-state index contributed by atoms with van der Waals surface area (Å²) in [6.45, 7) is 2.08. The van der Waals surface area contributed by atoms with Gasteiger partial charge in [0, 0.05) is 5.56 Å². The van der Waals surface area contributed by atoms with Gasteiger partial charge in [-0.1, -0.05) is 43.2 Å². The van der Waals surface area contributed by atoms with E-state index in [9.17, 15) is 14.7 Å². The minimum Gasteiger partial charge on any atom is -0.476 e. The van der Waals surface area contributed by atoms with Gasteiger partial charge in [-0.15, -0.1) is 0 Å².